The number of ether oxygens (including phenoxy) is 3. The van der Waals surface area contributed by atoms with Crippen molar-refractivity contribution in [2.45, 2.75) is 6.42 Å². The second kappa shape index (κ2) is 9.60. The van der Waals surface area contributed by atoms with E-state index < -0.39 is 24.4 Å². The van der Waals surface area contributed by atoms with Crippen LogP contribution in [0.5, 0.6) is 11.5 Å². The van der Waals surface area contributed by atoms with Gasteiger partial charge in [-0.1, -0.05) is 36.4 Å². The first-order valence-electron chi connectivity index (χ1n) is 10.5. The number of nitrogens with zero attached hydrogens (tertiary/aromatic N) is 1. The molecule has 1 aliphatic rings. The van der Waals surface area contributed by atoms with Crippen LogP contribution in [0.1, 0.15) is 6.42 Å². The maximum atomic E-state index is 12.6. The van der Waals surface area contributed by atoms with Crippen LogP contribution >= 0.6 is 0 Å². The van der Waals surface area contributed by atoms with E-state index in [1.54, 1.807) is 24.3 Å². The highest BCUT2D eigenvalue weighted by Crippen LogP contribution is 2.36. The van der Waals surface area contributed by atoms with Gasteiger partial charge in [-0.2, -0.15) is 0 Å². The molecule has 1 N–H and O–H groups in total. The number of benzene rings is 3. The number of methoxy groups -OCH3 is 2. The molecule has 0 unspecified atom stereocenters. The first-order chi connectivity index (χ1) is 16.0. The first-order valence-corrected chi connectivity index (χ1v) is 10.5. The molecule has 0 aliphatic carbocycles. The average molecular weight is 448 g/mol. The largest absolute Gasteiger partial charge is 0.497 e. The van der Waals surface area contributed by atoms with Crippen LogP contribution in [0.25, 0.3) is 10.8 Å². The van der Waals surface area contributed by atoms with Crippen LogP contribution < -0.4 is 19.7 Å². The Balaban J connectivity index is 1.38. The van der Waals surface area contributed by atoms with Crippen LogP contribution in [-0.4, -0.2) is 45.2 Å². The third kappa shape index (κ3) is 4.74. The van der Waals surface area contributed by atoms with Crippen molar-refractivity contribution in [1.82, 2.24) is 0 Å². The Morgan fingerprint density at radius 3 is 2.61 bits per heavy atom. The molecule has 1 fully saturated rings. The number of fused-ring (bicyclic) bond motifs is 1. The van der Waals surface area contributed by atoms with Crippen molar-refractivity contribution in [2.24, 2.45) is 5.92 Å². The lowest BCUT2D eigenvalue weighted by Crippen LogP contribution is -2.28. The van der Waals surface area contributed by atoms with Crippen LogP contribution in [0, 0.1) is 5.92 Å². The van der Waals surface area contributed by atoms with Gasteiger partial charge in [0.15, 0.2) is 6.61 Å². The third-order valence-electron chi connectivity index (χ3n) is 5.54. The molecule has 2 amide bonds. The molecule has 1 saturated heterocycles. The van der Waals surface area contributed by atoms with E-state index in [2.05, 4.69) is 5.32 Å². The molecule has 4 rings (SSSR count). The summed E-state index contributed by atoms with van der Waals surface area (Å²) in [6, 6.07) is 18.3. The molecule has 0 radical (unpaired) electrons. The number of esters is 1. The van der Waals surface area contributed by atoms with Crippen molar-refractivity contribution in [3.63, 3.8) is 0 Å². The fraction of sp³-hybridized carbons (Fsp3) is 0.240. The van der Waals surface area contributed by atoms with E-state index in [0.717, 1.165) is 10.8 Å². The minimum absolute atomic E-state index is 0.00978. The van der Waals surface area contributed by atoms with E-state index in [4.69, 9.17) is 14.2 Å². The van der Waals surface area contributed by atoms with Gasteiger partial charge in [-0.05, 0) is 23.6 Å². The van der Waals surface area contributed by atoms with Crippen molar-refractivity contribution in [3.8, 4) is 11.5 Å². The molecule has 1 aliphatic heterocycles. The Morgan fingerprint density at radius 2 is 1.82 bits per heavy atom. The van der Waals surface area contributed by atoms with Crippen LogP contribution in [-0.2, 0) is 19.1 Å². The highest BCUT2D eigenvalue weighted by molar-refractivity contribution is 6.03. The molecule has 0 spiro atoms. The zero-order chi connectivity index (χ0) is 23.4. The molecule has 1 heterocycles. The summed E-state index contributed by atoms with van der Waals surface area (Å²) < 4.78 is 15.8. The fourth-order valence-corrected chi connectivity index (χ4v) is 3.88. The van der Waals surface area contributed by atoms with Gasteiger partial charge in [-0.15, -0.1) is 0 Å². The standard InChI is InChI=1S/C25H24N2O6/c1-31-18-10-11-22(32-2)21(13-18)27-14-17(12-24(27)29)25(30)33-15-23(28)26-20-9-5-7-16-6-3-4-8-19(16)20/h3-11,13,17H,12,14-15H2,1-2H3,(H,26,28)/t17-/m1/s1. The zero-order valence-electron chi connectivity index (χ0n) is 18.4. The molecule has 3 aromatic rings. The van der Waals surface area contributed by atoms with Crippen LogP contribution in [0.4, 0.5) is 11.4 Å². The Kier molecular flexibility index (Phi) is 6.44. The molecule has 33 heavy (non-hydrogen) atoms. The Labute approximate surface area is 191 Å². The van der Waals surface area contributed by atoms with E-state index in [-0.39, 0.29) is 18.9 Å². The second-order valence-corrected chi connectivity index (χ2v) is 7.63. The van der Waals surface area contributed by atoms with Crippen molar-refractivity contribution < 1.29 is 28.6 Å². The van der Waals surface area contributed by atoms with Gasteiger partial charge < -0.3 is 24.4 Å². The van der Waals surface area contributed by atoms with Gasteiger partial charge in [-0.3, -0.25) is 14.4 Å². The zero-order valence-corrected chi connectivity index (χ0v) is 18.4. The quantitative estimate of drug-likeness (QED) is 0.557. The highest BCUT2D eigenvalue weighted by Gasteiger charge is 2.37. The number of carbonyl (C=O) groups excluding carboxylic acids is 3. The molecule has 8 nitrogen and oxygen atoms in total. The van der Waals surface area contributed by atoms with Gasteiger partial charge >= 0.3 is 5.97 Å². The minimum atomic E-state index is -0.682. The topological polar surface area (TPSA) is 94.2 Å². The normalized spacial score (nSPS) is 15.4. The molecule has 0 bridgehead atoms. The minimum Gasteiger partial charge on any atom is -0.497 e. The van der Waals surface area contributed by atoms with E-state index >= 15 is 0 Å². The lowest BCUT2D eigenvalue weighted by molar-refractivity contribution is -0.151. The smallest absolute Gasteiger partial charge is 0.311 e. The molecular formula is C25H24N2O6. The molecule has 3 aromatic carbocycles. The lowest BCUT2D eigenvalue weighted by atomic mass is 10.1. The van der Waals surface area contributed by atoms with Gasteiger partial charge in [0, 0.05) is 30.1 Å². The van der Waals surface area contributed by atoms with Crippen molar-refractivity contribution in [1.29, 1.82) is 0 Å². The molecular weight excluding hydrogens is 424 g/mol. The summed E-state index contributed by atoms with van der Waals surface area (Å²) >= 11 is 0. The van der Waals surface area contributed by atoms with Crippen LogP contribution in [0.2, 0.25) is 0 Å². The number of anilines is 2. The number of carbonyl (C=O) groups is 3. The maximum absolute atomic E-state index is 12.6. The van der Waals surface area contributed by atoms with Gasteiger partial charge in [0.25, 0.3) is 5.91 Å². The Morgan fingerprint density at radius 1 is 1.03 bits per heavy atom. The summed E-state index contributed by atoms with van der Waals surface area (Å²) in [5.41, 5.74) is 1.16. The van der Waals surface area contributed by atoms with Crippen molar-refractivity contribution in [2.75, 3.05) is 37.6 Å². The molecule has 0 saturated carbocycles. The summed E-state index contributed by atoms with van der Waals surface area (Å²) in [6.07, 6.45) is -0.00978. The number of amides is 2. The first kappa shape index (κ1) is 22.1. The van der Waals surface area contributed by atoms with E-state index in [9.17, 15) is 14.4 Å². The monoisotopic (exact) mass is 448 g/mol. The Bertz CT molecular complexity index is 1200. The predicted molar refractivity (Wildman–Crippen MR) is 124 cm³/mol. The number of hydrogen-bond acceptors (Lipinski definition) is 6. The van der Waals surface area contributed by atoms with E-state index in [0.29, 0.717) is 22.9 Å². The second-order valence-electron chi connectivity index (χ2n) is 7.63. The fourth-order valence-electron chi connectivity index (χ4n) is 3.88. The SMILES string of the molecule is COc1ccc(OC)c(N2C[C@H](C(=O)OCC(=O)Nc3cccc4ccccc34)CC2=O)c1. The van der Waals surface area contributed by atoms with Crippen molar-refractivity contribution >= 4 is 39.9 Å². The maximum Gasteiger partial charge on any atom is 0.311 e. The summed E-state index contributed by atoms with van der Waals surface area (Å²) in [5, 5.41) is 4.66. The number of hydrogen-bond donors (Lipinski definition) is 1. The Hall–Kier alpha value is -4.07. The summed E-state index contributed by atoms with van der Waals surface area (Å²) in [5.74, 6) is -0.902. The molecule has 0 aromatic heterocycles. The van der Waals surface area contributed by atoms with Gasteiger partial charge in [0.2, 0.25) is 5.91 Å². The lowest BCUT2D eigenvalue weighted by Gasteiger charge is -2.20. The number of nitrogens with one attached hydrogen (secondary N) is 1. The molecule has 170 valence electrons. The van der Waals surface area contributed by atoms with Crippen LogP contribution in [0.3, 0.4) is 0 Å². The summed E-state index contributed by atoms with van der Waals surface area (Å²) in [4.78, 5) is 39.0. The van der Waals surface area contributed by atoms with Gasteiger partial charge in [0.1, 0.15) is 11.5 Å². The summed E-state index contributed by atoms with van der Waals surface area (Å²) in [7, 11) is 3.03. The van der Waals surface area contributed by atoms with Crippen molar-refractivity contribution in [3.05, 3.63) is 60.7 Å². The molecule has 8 heteroatoms. The predicted octanol–water partition coefficient (Wildman–Crippen LogP) is 3.39. The molecule has 1 atom stereocenters. The van der Waals surface area contributed by atoms with E-state index in [1.807, 2.05) is 36.4 Å². The van der Waals surface area contributed by atoms with E-state index in [1.165, 1.54) is 19.1 Å². The third-order valence-corrected chi connectivity index (χ3v) is 5.54. The summed E-state index contributed by atoms with van der Waals surface area (Å²) in [6.45, 7) is -0.304. The van der Waals surface area contributed by atoms with Crippen LogP contribution in [0.15, 0.2) is 60.7 Å². The van der Waals surface area contributed by atoms with Gasteiger partial charge in [-0.25, -0.2) is 0 Å². The highest BCUT2D eigenvalue weighted by atomic mass is 16.5. The van der Waals surface area contributed by atoms with Gasteiger partial charge in [0.05, 0.1) is 25.8 Å². The number of rotatable bonds is 7. The average Bonchev–Trinajstić information content (AvgIpc) is 3.23.